The molecular formula is C32H50NO3+. The molecule has 0 fully saturated rings. The molecule has 4 heteroatoms. The molecule has 0 N–H and O–H groups in total. The minimum Gasteiger partial charge on any atom is -0.455 e. The van der Waals surface area contributed by atoms with Gasteiger partial charge in [0, 0.05) is 18.4 Å². The Balaban J connectivity index is 1.93. The van der Waals surface area contributed by atoms with Crippen LogP contribution in [0, 0.1) is 0 Å². The Morgan fingerprint density at radius 1 is 0.806 bits per heavy atom. The van der Waals surface area contributed by atoms with Gasteiger partial charge in [0.15, 0.2) is 6.04 Å². The summed E-state index contributed by atoms with van der Waals surface area (Å²) in [5, 5.41) is 0. The van der Waals surface area contributed by atoms with E-state index in [1.165, 1.54) is 56.1 Å². The van der Waals surface area contributed by atoms with E-state index >= 15 is 0 Å². The average Bonchev–Trinajstić information content (AvgIpc) is 2.86. The molecule has 200 valence electrons. The zero-order valence-corrected chi connectivity index (χ0v) is 23.5. The molecule has 0 aliphatic rings. The second kappa shape index (κ2) is 16.4. The number of carbonyl (C=O) groups is 1. The fourth-order valence-electron chi connectivity index (χ4n) is 4.80. The molecule has 2 aromatic carbocycles. The summed E-state index contributed by atoms with van der Waals surface area (Å²) in [5.41, 5.74) is 2.50. The largest absolute Gasteiger partial charge is 0.455 e. The highest BCUT2D eigenvalue weighted by Gasteiger charge is 2.37. The Morgan fingerprint density at radius 2 is 1.47 bits per heavy atom. The van der Waals surface area contributed by atoms with Crippen LogP contribution in [-0.4, -0.2) is 36.9 Å². The molecule has 36 heavy (non-hydrogen) atoms. The molecule has 0 spiro atoms. The number of aryl methyl sites for hydroxylation is 1. The van der Waals surface area contributed by atoms with Gasteiger partial charge in [-0.05, 0) is 37.0 Å². The first-order valence-corrected chi connectivity index (χ1v) is 14.2. The van der Waals surface area contributed by atoms with Crippen LogP contribution in [0.25, 0.3) is 0 Å². The molecule has 2 unspecified atom stereocenters. The molecule has 0 aliphatic heterocycles. The lowest BCUT2D eigenvalue weighted by Gasteiger charge is -2.37. The lowest BCUT2D eigenvalue weighted by Crippen LogP contribution is -2.53. The van der Waals surface area contributed by atoms with E-state index in [0.29, 0.717) is 10.9 Å². The quantitative estimate of drug-likeness (QED) is 0.0905. The molecule has 0 aromatic heterocycles. The predicted octanol–water partition coefficient (Wildman–Crippen LogP) is 8.08. The Bertz CT molecular complexity index is 865. The third kappa shape index (κ3) is 10.7. The van der Waals surface area contributed by atoms with Crippen molar-refractivity contribution in [2.75, 3.05) is 14.1 Å². The monoisotopic (exact) mass is 496 g/mol. The third-order valence-corrected chi connectivity index (χ3v) is 6.93. The Labute approximate surface area is 220 Å². The number of hydrogen-bond donors (Lipinski definition) is 0. The van der Waals surface area contributed by atoms with Crippen LogP contribution in [0.3, 0.4) is 0 Å². The highest BCUT2D eigenvalue weighted by atomic mass is 16.7. The number of quaternary nitrogens is 1. The second-order valence-corrected chi connectivity index (χ2v) is 10.6. The normalized spacial score (nSPS) is 13.2. The van der Waals surface area contributed by atoms with Crippen LogP contribution in [-0.2, 0) is 22.5 Å². The number of ether oxygens (including phenoxy) is 2. The first kappa shape index (κ1) is 29.9. The van der Waals surface area contributed by atoms with Crippen LogP contribution >= 0.6 is 0 Å². The lowest BCUT2D eigenvalue weighted by molar-refractivity contribution is -0.920. The summed E-state index contributed by atoms with van der Waals surface area (Å²) >= 11 is 0. The zero-order chi connectivity index (χ0) is 26.2. The van der Waals surface area contributed by atoms with Gasteiger partial charge in [0.05, 0.1) is 14.1 Å². The Morgan fingerprint density at radius 3 is 2.14 bits per heavy atom. The van der Waals surface area contributed by atoms with Gasteiger partial charge >= 0.3 is 5.97 Å². The summed E-state index contributed by atoms with van der Waals surface area (Å²) in [4.78, 5) is 13.3. The molecule has 0 amide bonds. The first-order chi connectivity index (χ1) is 17.4. The van der Waals surface area contributed by atoms with Gasteiger partial charge in [-0.15, -0.1) is 0 Å². The molecule has 0 saturated carbocycles. The summed E-state index contributed by atoms with van der Waals surface area (Å²) in [6, 6.07) is 18.4. The minimum absolute atomic E-state index is 0.177. The van der Waals surface area contributed by atoms with Gasteiger partial charge in [0.2, 0.25) is 6.29 Å². The van der Waals surface area contributed by atoms with Crippen molar-refractivity contribution in [2.24, 2.45) is 0 Å². The van der Waals surface area contributed by atoms with Crippen molar-refractivity contribution in [3.05, 3.63) is 65.7 Å². The van der Waals surface area contributed by atoms with E-state index < -0.39 is 6.29 Å². The fraction of sp³-hybridized carbons (Fsp3) is 0.594. The van der Waals surface area contributed by atoms with E-state index in [1.54, 1.807) is 0 Å². The molecule has 0 saturated heterocycles. The molecule has 2 rings (SSSR count). The average molecular weight is 497 g/mol. The predicted molar refractivity (Wildman–Crippen MR) is 150 cm³/mol. The second-order valence-electron chi connectivity index (χ2n) is 10.6. The van der Waals surface area contributed by atoms with E-state index in [0.717, 1.165) is 31.6 Å². The number of unbranched alkanes of at least 4 members (excludes halogenated alkanes) is 6. The summed E-state index contributed by atoms with van der Waals surface area (Å²) in [7, 11) is 4.23. The molecule has 2 atom stereocenters. The SMILES string of the molecule is CCCCCCCCCc1cccc(OC(CC)OC(=O)C(CCC)[N+](C)(C)Cc2ccccc2)c1. The van der Waals surface area contributed by atoms with E-state index in [-0.39, 0.29) is 12.0 Å². The first-order valence-electron chi connectivity index (χ1n) is 14.2. The molecule has 0 radical (unpaired) electrons. The van der Waals surface area contributed by atoms with Crippen molar-refractivity contribution < 1.29 is 18.8 Å². The number of rotatable bonds is 18. The third-order valence-electron chi connectivity index (χ3n) is 6.93. The smallest absolute Gasteiger partial charge is 0.368 e. The number of hydrogen-bond acceptors (Lipinski definition) is 3. The fourth-order valence-corrected chi connectivity index (χ4v) is 4.80. The van der Waals surface area contributed by atoms with Gasteiger partial charge < -0.3 is 14.0 Å². The van der Waals surface area contributed by atoms with Crippen molar-refractivity contribution in [2.45, 2.75) is 110 Å². The molecule has 2 aromatic rings. The number of benzene rings is 2. The standard InChI is InChI=1S/C32H50NO3/c1-6-9-10-11-12-13-15-20-27-23-18-24-29(25-27)35-31(8-3)36-32(34)30(19-7-2)33(4,5)26-28-21-16-14-17-22-28/h14,16-18,21-25,30-31H,6-13,15,19-20,26H2,1-5H3/q+1. The van der Waals surface area contributed by atoms with Crippen LogP contribution in [0.4, 0.5) is 0 Å². The summed E-state index contributed by atoms with van der Waals surface area (Å²) in [6.07, 6.45) is 12.0. The lowest BCUT2D eigenvalue weighted by atomic mass is 10.0. The van der Waals surface area contributed by atoms with Gasteiger partial charge in [0.1, 0.15) is 12.3 Å². The van der Waals surface area contributed by atoms with Gasteiger partial charge in [0.25, 0.3) is 0 Å². The van der Waals surface area contributed by atoms with E-state index in [1.807, 2.05) is 37.3 Å². The number of carbonyl (C=O) groups excluding carboxylic acids is 1. The van der Waals surface area contributed by atoms with E-state index in [4.69, 9.17) is 9.47 Å². The minimum atomic E-state index is -0.581. The van der Waals surface area contributed by atoms with Crippen LogP contribution in [0.15, 0.2) is 54.6 Å². The summed E-state index contributed by atoms with van der Waals surface area (Å²) in [5.74, 6) is 0.601. The van der Waals surface area contributed by atoms with Crippen molar-refractivity contribution in [3.63, 3.8) is 0 Å². The molecule has 4 nitrogen and oxygen atoms in total. The maximum Gasteiger partial charge on any atom is 0.368 e. The van der Waals surface area contributed by atoms with Crippen LogP contribution in [0.2, 0.25) is 0 Å². The zero-order valence-electron chi connectivity index (χ0n) is 23.5. The molecule has 0 heterocycles. The van der Waals surface area contributed by atoms with Crippen LogP contribution < -0.4 is 4.74 Å². The summed E-state index contributed by atoms with van der Waals surface area (Å²) in [6.45, 7) is 7.15. The molecule has 0 bridgehead atoms. The summed E-state index contributed by atoms with van der Waals surface area (Å²) < 4.78 is 12.7. The number of likely N-dealkylation sites (N-methyl/N-ethyl adjacent to an activating group) is 1. The van der Waals surface area contributed by atoms with Crippen LogP contribution in [0.5, 0.6) is 5.75 Å². The maximum absolute atomic E-state index is 13.3. The van der Waals surface area contributed by atoms with E-state index in [2.05, 4.69) is 52.2 Å². The Kier molecular flexibility index (Phi) is 13.6. The van der Waals surface area contributed by atoms with Crippen LogP contribution in [0.1, 0.15) is 96.1 Å². The van der Waals surface area contributed by atoms with Crippen molar-refractivity contribution in [1.29, 1.82) is 0 Å². The molecular weight excluding hydrogens is 446 g/mol. The highest BCUT2D eigenvalue weighted by molar-refractivity contribution is 5.74. The molecule has 0 aliphatic carbocycles. The van der Waals surface area contributed by atoms with Crippen molar-refractivity contribution in [3.8, 4) is 5.75 Å². The highest BCUT2D eigenvalue weighted by Crippen LogP contribution is 2.22. The van der Waals surface area contributed by atoms with Crippen molar-refractivity contribution >= 4 is 5.97 Å². The van der Waals surface area contributed by atoms with E-state index in [9.17, 15) is 4.79 Å². The van der Waals surface area contributed by atoms with Gasteiger partial charge in [-0.1, -0.05) is 102 Å². The number of nitrogens with zero attached hydrogens (tertiary/aromatic N) is 1. The number of esters is 1. The van der Waals surface area contributed by atoms with Gasteiger partial charge in [-0.3, -0.25) is 0 Å². The Hall–Kier alpha value is -2.33. The van der Waals surface area contributed by atoms with Crippen molar-refractivity contribution in [1.82, 2.24) is 0 Å². The van der Waals surface area contributed by atoms with Gasteiger partial charge in [-0.25, -0.2) is 4.79 Å². The maximum atomic E-state index is 13.3. The topological polar surface area (TPSA) is 35.5 Å². The van der Waals surface area contributed by atoms with Gasteiger partial charge in [-0.2, -0.15) is 0 Å².